The molecule has 0 saturated carbocycles. The van der Waals surface area contributed by atoms with E-state index in [2.05, 4.69) is 5.10 Å². The molecule has 33 heavy (non-hydrogen) atoms. The van der Waals surface area contributed by atoms with Crippen LogP contribution in [0.15, 0.2) is 58.2 Å². The zero-order valence-corrected chi connectivity index (χ0v) is 20.5. The van der Waals surface area contributed by atoms with E-state index >= 15 is 0 Å². The summed E-state index contributed by atoms with van der Waals surface area (Å²) >= 11 is 6.16. The largest absolute Gasteiger partial charge is 0.354 e. The van der Waals surface area contributed by atoms with Gasteiger partial charge >= 0.3 is 0 Å². The molecule has 3 aromatic rings. The lowest BCUT2D eigenvalue weighted by atomic mass is 10.1. The summed E-state index contributed by atoms with van der Waals surface area (Å²) in [6, 6.07) is 13.9. The van der Waals surface area contributed by atoms with Gasteiger partial charge in [0.2, 0.25) is 10.0 Å². The maximum atomic E-state index is 13.3. The van der Waals surface area contributed by atoms with Crippen molar-refractivity contribution < 1.29 is 8.42 Å². The fraction of sp³-hybridized carbons (Fsp3) is 0.333. The molecule has 9 heteroatoms. The topological polar surface area (TPSA) is 75.5 Å². The zero-order chi connectivity index (χ0) is 23.8. The number of hydrogen-bond acceptors (Lipinski definition) is 5. The van der Waals surface area contributed by atoms with Crippen LogP contribution in [0.4, 0.5) is 5.82 Å². The summed E-state index contributed by atoms with van der Waals surface area (Å²) in [5, 5.41) is 5.03. The molecule has 1 aliphatic rings. The molecule has 0 bridgehead atoms. The molecule has 1 aromatic heterocycles. The molecule has 7 nitrogen and oxygen atoms in total. The summed E-state index contributed by atoms with van der Waals surface area (Å²) in [5.41, 5.74) is 3.28. The summed E-state index contributed by atoms with van der Waals surface area (Å²) in [7, 11) is -3.66. The van der Waals surface area contributed by atoms with E-state index in [1.54, 1.807) is 31.2 Å². The van der Waals surface area contributed by atoms with Crippen LogP contribution >= 0.6 is 11.6 Å². The normalized spacial score (nSPS) is 15.5. The Morgan fingerprint density at radius 1 is 0.909 bits per heavy atom. The van der Waals surface area contributed by atoms with Gasteiger partial charge in [0.1, 0.15) is 5.82 Å². The van der Waals surface area contributed by atoms with Gasteiger partial charge in [0.05, 0.1) is 10.6 Å². The van der Waals surface area contributed by atoms with Crippen LogP contribution in [0.5, 0.6) is 0 Å². The minimum Gasteiger partial charge on any atom is -0.354 e. The number of sulfonamides is 1. The summed E-state index contributed by atoms with van der Waals surface area (Å²) in [4.78, 5) is 14.8. The van der Waals surface area contributed by atoms with E-state index in [-0.39, 0.29) is 10.5 Å². The number of rotatable bonds is 4. The standard InChI is InChI=1S/C24H27ClN4O3S/c1-17-8-9-20(16-18(17)2)29-24(30)11-10-23(26-29)27-12-5-13-28(15-14-27)33(31,32)22-7-4-6-21(25)19(22)3/h4,6-11,16H,5,12-15H2,1-3H3. The number of halogens is 1. The SMILES string of the molecule is Cc1ccc(-n2nc(N3CCCN(S(=O)(=O)c4cccc(Cl)c4C)CC3)ccc2=O)cc1C. The molecule has 1 aliphatic heterocycles. The Balaban J connectivity index is 1.59. The molecular weight excluding hydrogens is 460 g/mol. The maximum Gasteiger partial charge on any atom is 0.271 e. The van der Waals surface area contributed by atoms with Crippen molar-refractivity contribution in [1.82, 2.24) is 14.1 Å². The number of aromatic nitrogens is 2. The number of anilines is 1. The van der Waals surface area contributed by atoms with Crippen LogP contribution in [-0.4, -0.2) is 48.7 Å². The summed E-state index contributed by atoms with van der Waals surface area (Å²) in [5.74, 6) is 0.644. The van der Waals surface area contributed by atoms with Gasteiger partial charge in [-0.25, -0.2) is 8.42 Å². The van der Waals surface area contributed by atoms with Gasteiger partial charge in [0.15, 0.2) is 0 Å². The minimum atomic E-state index is -3.66. The number of benzene rings is 2. The molecule has 1 fully saturated rings. The molecule has 0 radical (unpaired) electrons. The fourth-order valence-corrected chi connectivity index (χ4v) is 5.93. The predicted molar refractivity (Wildman–Crippen MR) is 131 cm³/mol. The van der Waals surface area contributed by atoms with E-state index in [1.165, 1.54) is 15.1 Å². The lowest BCUT2D eigenvalue weighted by Gasteiger charge is -2.23. The van der Waals surface area contributed by atoms with Gasteiger partial charge in [0.25, 0.3) is 5.56 Å². The van der Waals surface area contributed by atoms with Crippen LogP contribution in [0, 0.1) is 20.8 Å². The van der Waals surface area contributed by atoms with Crippen molar-refractivity contribution in [3.05, 3.63) is 80.6 Å². The first kappa shape index (κ1) is 23.5. The second kappa shape index (κ2) is 9.29. The second-order valence-electron chi connectivity index (χ2n) is 8.32. The van der Waals surface area contributed by atoms with Crippen molar-refractivity contribution in [1.29, 1.82) is 0 Å². The van der Waals surface area contributed by atoms with Crippen LogP contribution in [0.2, 0.25) is 5.02 Å². The third-order valence-electron chi connectivity index (χ3n) is 6.14. The minimum absolute atomic E-state index is 0.211. The third kappa shape index (κ3) is 4.69. The number of nitrogens with zero attached hydrogens (tertiary/aromatic N) is 4. The Morgan fingerprint density at radius 3 is 2.45 bits per heavy atom. The molecule has 1 saturated heterocycles. The van der Waals surface area contributed by atoms with Gasteiger partial charge in [-0.2, -0.15) is 8.99 Å². The molecule has 0 spiro atoms. The molecule has 4 rings (SSSR count). The first-order chi connectivity index (χ1) is 15.7. The average molecular weight is 487 g/mol. The van der Waals surface area contributed by atoms with Crippen LogP contribution in [-0.2, 0) is 10.0 Å². The molecule has 2 aromatic carbocycles. The molecule has 0 unspecified atom stereocenters. The Labute approximate surface area is 199 Å². The van der Waals surface area contributed by atoms with Crippen LogP contribution in [0.3, 0.4) is 0 Å². The van der Waals surface area contributed by atoms with Crippen LogP contribution in [0.25, 0.3) is 5.69 Å². The fourth-order valence-electron chi connectivity index (χ4n) is 3.98. The van der Waals surface area contributed by atoms with Gasteiger partial charge in [0, 0.05) is 37.3 Å². The van der Waals surface area contributed by atoms with Crippen molar-refractivity contribution in [3.63, 3.8) is 0 Å². The molecule has 2 heterocycles. The van der Waals surface area contributed by atoms with E-state index in [4.69, 9.17) is 11.6 Å². The summed E-state index contributed by atoms with van der Waals surface area (Å²) < 4.78 is 29.5. The average Bonchev–Trinajstić information content (AvgIpc) is 3.05. The van der Waals surface area contributed by atoms with Gasteiger partial charge < -0.3 is 4.90 Å². The van der Waals surface area contributed by atoms with Gasteiger partial charge in [-0.15, -0.1) is 5.10 Å². The second-order valence-corrected chi connectivity index (χ2v) is 10.6. The van der Waals surface area contributed by atoms with E-state index in [0.717, 1.165) is 11.1 Å². The van der Waals surface area contributed by atoms with Crippen molar-refractivity contribution in [2.24, 2.45) is 0 Å². The molecule has 0 aliphatic carbocycles. The van der Waals surface area contributed by atoms with E-state index in [1.807, 2.05) is 36.9 Å². The Kier molecular flexibility index (Phi) is 6.61. The molecule has 174 valence electrons. The quantitative estimate of drug-likeness (QED) is 0.562. The Morgan fingerprint density at radius 2 is 1.70 bits per heavy atom. The lowest BCUT2D eigenvalue weighted by molar-refractivity contribution is 0.432. The number of hydrogen-bond donors (Lipinski definition) is 0. The summed E-state index contributed by atoms with van der Waals surface area (Å²) in [6.45, 7) is 7.57. The Hall–Kier alpha value is -2.68. The van der Waals surface area contributed by atoms with Gasteiger partial charge in [-0.3, -0.25) is 4.79 Å². The lowest BCUT2D eigenvalue weighted by Crippen LogP contribution is -2.36. The summed E-state index contributed by atoms with van der Waals surface area (Å²) in [6.07, 6.45) is 0.642. The highest BCUT2D eigenvalue weighted by Gasteiger charge is 2.29. The molecule has 0 atom stereocenters. The first-order valence-corrected chi connectivity index (χ1v) is 12.7. The van der Waals surface area contributed by atoms with E-state index in [0.29, 0.717) is 54.7 Å². The van der Waals surface area contributed by atoms with Crippen molar-refractivity contribution >= 4 is 27.4 Å². The van der Waals surface area contributed by atoms with Gasteiger partial charge in [-0.1, -0.05) is 23.7 Å². The molecule has 0 N–H and O–H groups in total. The van der Waals surface area contributed by atoms with E-state index in [9.17, 15) is 13.2 Å². The monoisotopic (exact) mass is 486 g/mol. The maximum absolute atomic E-state index is 13.3. The van der Waals surface area contributed by atoms with Crippen LogP contribution in [0.1, 0.15) is 23.1 Å². The third-order valence-corrected chi connectivity index (χ3v) is 8.59. The van der Waals surface area contributed by atoms with Crippen molar-refractivity contribution in [2.75, 3.05) is 31.1 Å². The smallest absolute Gasteiger partial charge is 0.271 e. The zero-order valence-electron chi connectivity index (χ0n) is 19.0. The predicted octanol–water partition coefficient (Wildman–Crippen LogP) is 3.71. The Bertz CT molecular complexity index is 1350. The van der Waals surface area contributed by atoms with Gasteiger partial charge in [-0.05, 0) is 74.2 Å². The van der Waals surface area contributed by atoms with Crippen molar-refractivity contribution in [3.8, 4) is 5.69 Å². The van der Waals surface area contributed by atoms with E-state index < -0.39 is 10.0 Å². The highest BCUT2D eigenvalue weighted by molar-refractivity contribution is 7.89. The highest BCUT2D eigenvalue weighted by Crippen LogP contribution is 2.26. The van der Waals surface area contributed by atoms with Crippen molar-refractivity contribution in [2.45, 2.75) is 32.1 Å². The molecule has 0 amide bonds. The first-order valence-electron chi connectivity index (χ1n) is 10.9. The molecular formula is C24H27ClN4O3S. The highest BCUT2D eigenvalue weighted by atomic mass is 35.5. The number of aryl methyl sites for hydroxylation is 2. The van der Waals surface area contributed by atoms with Crippen LogP contribution < -0.4 is 10.5 Å².